The number of alkyl halides is 6. The smallest absolute Gasteiger partial charge is 0.280 e. The molecular weight excluding hydrogens is 440 g/mol. The van der Waals surface area contributed by atoms with Gasteiger partial charge in [-0.15, -0.1) is 0 Å². The zero-order valence-electron chi connectivity index (χ0n) is 11.9. The topological polar surface area (TPSA) is 46.2 Å². The number of anilines is 1. The average Bonchev–Trinajstić information content (AvgIpc) is 2.44. The molecule has 0 saturated carbocycles. The normalized spacial score (nSPS) is 12.9. The lowest BCUT2D eigenvalue weighted by molar-refractivity contribution is -0.143. The van der Waals surface area contributed by atoms with Crippen molar-refractivity contribution in [1.82, 2.24) is 0 Å². The van der Waals surface area contributed by atoms with Crippen LogP contribution in [-0.4, -0.2) is 8.42 Å². The molecule has 11 heteroatoms. The van der Waals surface area contributed by atoms with Crippen LogP contribution in [0.3, 0.4) is 0 Å². The first-order valence-corrected chi connectivity index (χ1v) is 8.64. The van der Waals surface area contributed by atoms with E-state index >= 15 is 0 Å². The van der Waals surface area contributed by atoms with Crippen LogP contribution >= 0.6 is 15.9 Å². The lowest BCUT2D eigenvalue weighted by atomic mass is 10.1. The first-order valence-electron chi connectivity index (χ1n) is 6.37. The van der Waals surface area contributed by atoms with Crippen LogP contribution in [0.5, 0.6) is 0 Å². The highest BCUT2D eigenvalue weighted by Gasteiger charge is 2.37. The SMILES string of the molecule is O=S(=O)(Nc1cc(C(F)(F)F)cc(C(F)(F)F)c1)c1cccc(Br)c1. The van der Waals surface area contributed by atoms with Crippen molar-refractivity contribution in [1.29, 1.82) is 0 Å². The van der Waals surface area contributed by atoms with Crippen molar-refractivity contribution in [2.45, 2.75) is 17.2 Å². The highest BCUT2D eigenvalue weighted by atomic mass is 79.9. The van der Waals surface area contributed by atoms with Crippen molar-refractivity contribution in [3.8, 4) is 0 Å². The van der Waals surface area contributed by atoms with Crippen molar-refractivity contribution in [2.24, 2.45) is 0 Å². The second kappa shape index (κ2) is 6.52. The van der Waals surface area contributed by atoms with Crippen molar-refractivity contribution < 1.29 is 34.8 Å². The van der Waals surface area contributed by atoms with E-state index in [1.807, 2.05) is 0 Å². The first-order chi connectivity index (χ1) is 11.3. The third-order valence-electron chi connectivity index (χ3n) is 2.95. The molecule has 0 aromatic heterocycles. The molecule has 1 N–H and O–H groups in total. The minimum atomic E-state index is -5.07. The molecule has 2 aromatic carbocycles. The van der Waals surface area contributed by atoms with Gasteiger partial charge in [-0.1, -0.05) is 22.0 Å². The maximum atomic E-state index is 12.8. The van der Waals surface area contributed by atoms with Crippen LogP contribution in [0, 0.1) is 0 Å². The Morgan fingerprint density at radius 1 is 0.840 bits per heavy atom. The van der Waals surface area contributed by atoms with E-state index in [4.69, 9.17) is 0 Å². The molecule has 25 heavy (non-hydrogen) atoms. The standard InChI is InChI=1S/C14H8BrF6NO2S/c15-10-2-1-3-12(7-10)25(23,24)22-11-5-8(13(16,17)18)4-9(6-11)14(19,20)21/h1-7,22H. The fourth-order valence-electron chi connectivity index (χ4n) is 1.86. The van der Waals surface area contributed by atoms with Crippen molar-refractivity contribution in [2.75, 3.05) is 4.72 Å². The van der Waals surface area contributed by atoms with E-state index in [2.05, 4.69) is 15.9 Å². The summed E-state index contributed by atoms with van der Waals surface area (Å²) >= 11 is 3.03. The molecule has 2 aromatic rings. The zero-order chi connectivity index (χ0) is 19.0. The molecule has 0 aliphatic carbocycles. The quantitative estimate of drug-likeness (QED) is 0.650. The largest absolute Gasteiger partial charge is 0.416 e. The van der Waals surface area contributed by atoms with Gasteiger partial charge in [0.25, 0.3) is 10.0 Å². The maximum Gasteiger partial charge on any atom is 0.416 e. The van der Waals surface area contributed by atoms with Crippen LogP contribution < -0.4 is 4.72 Å². The Hall–Kier alpha value is -1.75. The van der Waals surface area contributed by atoms with E-state index in [9.17, 15) is 34.8 Å². The van der Waals surface area contributed by atoms with Gasteiger partial charge in [0, 0.05) is 4.47 Å². The van der Waals surface area contributed by atoms with Crippen LogP contribution in [0.4, 0.5) is 32.0 Å². The summed E-state index contributed by atoms with van der Waals surface area (Å²) in [4.78, 5) is -0.326. The molecule has 0 bridgehead atoms. The number of halogens is 7. The highest BCUT2D eigenvalue weighted by molar-refractivity contribution is 9.10. The van der Waals surface area contributed by atoms with Crippen molar-refractivity contribution in [3.05, 3.63) is 58.1 Å². The molecule has 0 aliphatic rings. The lowest BCUT2D eigenvalue weighted by Crippen LogP contribution is -2.16. The van der Waals surface area contributed by atoms with E-state index in [1.165, 1.54) is 12.1 Å². The zero-order valence-corrected chi connectivity index (χ0v) is 14.3. The number of hydrogen-bond donors (Lipinski definition) is 1. The van der Waals surface area contributed by atoms with Gasteiger partial charge in [-0.05, 0) is 36.4 Å². The van der Waals surface area contributed by atoms with E-state index in [0.29, 0.717) is 16.6 Å². The summed E-state index contributed by atoms with van der Waals surface area (Å²) in [6.45, 7) is 0. The summed E-state index contributed by atoms with van der Waals surface area (Å²) in [7, 11) is -4.38. The summed E-state index contributed by atoms with van der Waals surface area (Å²) in [5.41, 5.74) is -4.08. The molecule has 0 spiro atoms. The Balaban J connectivity index is 2.52. The molecule has 0 aliphatic heterocycles. The molecule has 136 valence electrons. The summed E-state index contributed by atoms with van der Waals surface area (Å²) in [5.74, 6) is 0. The van der Waals surface area contributed by atoms with Crippen LogP contribution in [0.2, 0.25) is 0 Å². The predicted molar refractivity (Wildman–Crippen MR) is 81.4 cm³/mol. The minimum absolute atomic E-state index is 0.0864. The number of nitrogens with one attached hydrogen (secondary N) is 1. The molecule has 2 rings (SSSR count). The Morgan fingerprint density at radius 3 is 1.80 bits per heavy atom. The number of benzene rings is 2. The molecule has 0 unspecified atom stereocenters. The van der Waals surface area contributed by atoms with Crippen molar-refractivity contribution >= 4 is 31.6 Å². The third kappa shape index (κ3) is 4.88. The summed E-state index contributed by atoms with van der Waals surface area (Å²) in [6.07, 6.45) is -10.1. The van der Waals surface area contributed by atoms with Crippen LogP contribution in [0.1, 0.15) is 11.1 Å². The van der Waals surface area contributed by atoms with E-state index in [-0.39, 0.29) is 11.0 Å². The van der Waals surface area contributed by atoms with Crippen LogP contribution in [-0.2, 0) is 22.4 Å². The lowest BCUT2D eigenvalue weighted by Gasteiger charge is -2.15. The van der Waals surface area contributed by atoms with Crippen LogP contribution in [0.25, 0.3) is 0 Å². The van der Waals surface area contributed by atoms with Gasteiger partial charge in [0.1, 0.15) is 0 Å². The molecule has 0 heterocycles. The molecule has 0 saturated heterocycles. The fraction of sp³-hybridized carbons (Fsp3) is 0.143. The average molecular weight is 448 g/mol. The van der Waals surface area contributed by atoms with Gasteiger partial charge in [-0.25, -0.2) is 8.42 Å². The number of hydrogen-bond acceptors (Lipinski definition) is 2. The van der Waals surface area contributed by atoms with Gasteiger partial charge in [-0.2, -0.15) is 26.3 Å². The molecule has 0 fully saturated rings. The van der Waals surface area contributed by atoms with Crippen LogP contribution in [0.15, 0.2) is 51.8 Å². The van der Waals surface area contributed by atoms with Gasteiger partial charge >= 0.3 is 12.4 Å². The van der Waals surface area contributed by atoms with Crippen molar-refractivity contribution in [3.63, 3.8) is 0 Å². The Kier molecular flexibility index (Phi) is 5.11. The number of sulfonamides is 1. The van der Waals surface area contributed by atoms with E-state index in [1.54, 1.807) is 4.72 Å². The summed E-state index contributed by atoms with van der Waals surface area (Å²) in [6, 6.07) is 5.66. The van der Waals surface area contributed by atoms with Gasteiger partial charge in [0.05, 0.1) is 21.7 Å². The summed E-state index contributed by atoms with van der Waals surface area (Å²) in [5, 5.41) is 0. The molecule has 0 amide bonds. The Morgan fingerprint density at radius 2 is 1.36 bits per heavy atom. The van der Waals surface area contributed by atoms with Gasteiger partial charge in [0.2, 0.25) is 0 Å². The van der Waals surface area contributed by atoms with Gasteiger partial charge in [0.15, 0.2) is 0 Å². The fourth-order valence-corrected chi connectivity index (χ4v) is 3.50. The van der Waals surface area contributed by atoms with E-state index < -0.39 is 39.2 Å². The molecule has 3 nitrogen and oxygen atoms in total. The Labute approximate surface area is 146 Å². The maximum absolute atomic E-state index is 12.8. The van der Waals surface area contributed by atoms with Gasteiger partial charge < -0.3 is 0 Å². The predicted octanol–water partition coefficient (Wildman–Crippen LogP) is 5.29. The third-order valence-corrected chi connectivity index (χ3v) is 4.82. The highest BCUT2D eigenvalue weighted by Crippen LogP contribution is 2.38. The van der Waals surface area contributed by atoms with E-state index in [0.717, 1.165) is 12.1 Å². The molecular formula is C14H8BrF6NO2S. The molecule has 0 radical (unpaired) electrons. The minimum Gasteiger partial charge on any atom is -0.280 e. The second-order valence-corrected chi connectivity index (χ2v) is 7.46. The molecule has 0 atom stereocenters. The Bertz CT molecular complexity index is 861. The monoisotopic (exact) mass is 447 g/mol. The van der Waals surface area contributed by atoms with Gasteiger partial charge in [-0.3, -0.25) is 4.72 Å². The second-order valence-electron chi connectivity index (χ2n) is 4.86. The number of rotatable bonds is 3. The summed E-state index contributed by atoms with van der Waals surface area (Å²) < 4.78 is 103. The first kappa shape index (κ1) is 19.6.